The van der Waals surface area contributed by atoms with E-state index in [1.165, 1.54) is 4.90 Å². The van der Waals surface area contributed by atoms with Crippen LogP contribution in [0, 0.1) is 0 Å². The van der Waals surface area contributed by atoms with Gasteiger partial charge in [0.2, 0.25) is 17.7 Å². The molecule has 3 aromatic rings. The first-order chi connectivity index (χ1) is 15.0. The molecule has 31 heavy (non-hydrogen) atoms. The predicted octanol–water partition coefficient (Wildman–Crippen LogP) is 2.39. The summed E-state index contributed by atoms with van der Waals surface area (Å²) in [6, 6.07) is 15.9. The molecule has 0 bridgehead atoms. The molecule has 9 nitrogen and oxygen atoms in total. The Morgan fingerprint density at radius 2 is 1.87 bits per heavy atom. The van der Waals surface area contributed by atoms with E-state index in [0.717, 1.165) is 22.3 Å². The maximum atomic E-state index is 12.5. The smallest absolute Gasteiger partial charge is 0.277 e. The van der Waals surface area contributed by atoms with Crippen molar-refractivity contribution in [2.45, 2.75) is 5.22 Å². The summed E-state index contributed by atoms with van der Waals surface area (Å²) in [5.41, 5.74) is 3.75. The molecule has 0 unspecified atom stereocenters. The monoisotopic (exact) mass is 457 g/mol. The van der Waals surface area contributed by atoms with Crippen LogP contribution in [0.5, 0.6) is 0 Å². The molecule has 0 spiro atoms. The van der Waals surface area contributed by atoms with Crippen LogP contribution >= 0.6 is 23.4 Å². The highest BCUT2D eigenvalue weighted by Gasteiger charge is 2.32. The first-order valence-corrected chi connectivity index (χ1v) is 10.5. The van der Waals surface area contributed by atoms with Crippen molar-refractivity contribution in [3.05, 3.63) is 59.6 Å². The number of piperazine rings is 1. The van der Waals surface area contributed by atoms with Crippen LogP contribution in [0.25, 0.3) is 11.5 Å². The number of hydrazine groups is 1. The summed E-state index contributed by atoms with van der Waals surface area (Å²) in [6.07, 6.45) is 0. The Balaban J connectivity index is 1.31. The number of benzene rings is 2. The average Bonchev–Trinajstić information content (AvgIpc) is 3.24. The fraction of sp³-hybridized carbons (Fsp3) is 0.150. The second kappa shape index (κ2) is 9.19. The van der Waals surface area contributed by atoms with E-state index < -0.39 is 11.8 Å². The fourth-order valence-corrected chi connectivity index (χ4v) is 3.61. The number of thioether (sulfide) groups is 1. The van der Waals surface area contributed by atoms with E-state index in [2.05, 4.69) is 15.6 Å². The molecule has 1 saturated heterocycles. The lowest BCUT2D eigenvalue weighted by Crippen LogP contribution is -2.59. The van der Waals surface area contributed by atoms with E-state index in [9.17, 15) is 14.4 Å². The van der Waals surface area contributed by atoms with Gasteiger partial charge >= 0.3 is 0 Å². The summed E-state index contributed by atoms with van der Waals surface area (Å²) in [4.78, 5) is 38.5. The Morgan fingerprint density at radius 1 is 1.06 bits per heavy atom. The first kappa shape index (κ1) is 20.9. The van der Waals surface area contributed by atoms with Crippen LogP contribution in [-0.4, -0.2) is 51.8 Å². The van der Waals surface area contributed by atoms with E-state index >= 15 is 0 Å². The molecule has 1 aliphatic heterocycles. The summed E-state index contributed by atoms with van der Waals surface area (Å²) >= 11 is 6.99. The number of nitrogens with zero attached hydrogens (tertiary/aromatic N) is 4. The molecule has 1 fully saturated rings. The Morgan fingerprint density at radius 3 is 2.65 bits per heavy atom. The lowest BCUT2D eigenvalue weighted by Gasteiger charge is -2.33. The highest BCUT2D eigenvalue weighted by molar-refractivity contribution is 7.99. The molecule has 11 heteroatoms. The van der Waals surface area contributed by atoms with Gasteiger partial charge in [0.05, 0.1) is 5.75 Å². The van der Waals surface area contributed by atoms with Crippen LogP contribution in [0.3, 0.4) is 0 Å². The van der Waals surface area contributed by atoms with Crippen molar-refractivity contribution < 1.29 is 18.8 Å². The van der Waals surface area contributed by atoms with Gasteiger partial charge in [-0.2, -0.15) is 0 Å². The van der Waals surface area contributed by atoms with Gasteiger partial charge in [-0.05, 0) is 30.3 Å². The summed E-state index contributed by atoms with van der Waals surface area (Å²) in [5.74, 6) is -0.934. The van der Waals surface area contributed by atoms with Crippen molar-refractivity contribution in [2.75, 3.05) is 23.7 Å². The SMILES string of the molecule is O=C(CSc1nnc(-c2ccccc2)o1)NN1CC(=O)N(c2cccc(Cl)c2)CC1=O. The Hall–Kier alpha value is -3.37. The number of halogens is 1. The molecular weight excluding hydrogens is 442 g/mol. The lowest BCUT2D eigenvalue weighted by atomic mass is 10.2. The van der Waals surface area contributed by atoms with Crippen molar-refractivity contribution in [3.8, 4) is 11.5 Å². The van der Waals surface area contributed by atoms with Gasteiger partial charge in [-0.1, -0.05) is 47.6 Å². The molecule has 158 valence electrons. The highest BCUT2D eigenvalue weighted by Crippen LogP contribution is 2.23. The lowest BCUT2D eigenvalue weighted by molar-refractivity contribution is -0.145. The maximum absolute atomic E-state index is 12.5. The van der Waals surface area contributed by atoms with Gasteiger partial charge in [0.1, 0.15) is 13.1 Å². The van der Waals surface area contributed by atoms with Crippen molar-refractivity contribution in [1.82, 2.24) is 20.6 Å². The third-order valence-electron chi connectivity index (χ3n) is 4.32. The predicted molar refractivity (Wildman–Crippen MR) is 114 cm³/mol. The molecular formula is C20H16ClN5O4S. The van der Waals surface area contributed by atoms with Crippen LogP contribution in [0.15, 0.2) is 64.2 Å². The Labute approximate surface area is 186 Å². The number of amides is 3. The number of hydrogen-bond acceptors (Lipinski definition) is 7. The molecule has 4 rings (SSSR count). The van der Waals surface area contributed by atoms with Gasteiger partial charge in [-0.15, -0.1) is 10.2 Å². The van der Waals surface area contributed by atoms with E-state index in [1.807, 2.05) is 30.3 Å². The minimum Gasteiger partial charge on any atom is -0.411 e. The number of carbonyl (C=O) groups excluding carboxylic acids is 3. The van der Waals surface area contributed by atoms with Crippen LogP contribution in [0.2, 0.25) is 5.02 Å². The van der Waals surface area contributed by atoms with E-state index in [1.54, 1.807) is 24.3 Å². The Bertz CT molecular complexity index is 1120. The van der Waals surface area contributed by atoms with E-state index in [-0.39, 0.29) is 30.0 Å². The molecule has 2 aromatic carbocycles. The summed E-state index contributed by atoms with van der Waals surface area (Å²) in [6.45, 7) is -0.475. The average molecular weight is 458 g/mol. The normalized spacial score (nSPS) is 14.1. The molecule has 0 saturated carbocycles. The third-order valence-corrected chi connectivity index (χ3v) is 5.38. The Kier molecular flexibility index (Phi) is 6.19. The third kappa shape index (κ3) is 5.04. The number of carbonyl (C=O) groups is 3. The van der Waals surface area contributed by atoms with Crippen molar-refractivity contribution in [3.63, 3.8) is 0 Å². The van der Waals surface area contributed by atoms with Gasteiger partial charge in [0.15, 0.2) is 0 Å². The van der Waals surface area contributed by atoms with Crippen LogP contribution < -0.4 is 10.3 Å². The van der Waals surface area contributed by atoms with Gasteiger partial charge in [-0.3, -0.25) is 19.8 Å². The quantitative estimate of drug-likeness (QED) is 0.566. The molecule has 0 aliphatic carbocycles. The molecule has 1 N–H and O–H groups in total. The van der Waals surface area contributed by atoms with Crippen molar-refractivity contribution in [1.29, 1.82) is 0 Å². The summed E-state index contributed by atoms with van der Waals surface area (Å²) in [5, 5.41) is 9.55. The van der Waals surface area contributed by atoms with Gasteiger partial charge in [0, 0.05) is 16.3 Å². The second-order valence-corrected chi connectivity index (χ2v) is 7.87. The number of aromatic nitrogens is 2. The fourth-order valence-electron chi connectivity index (χ4n) is 2.87. The minimum absolute atomic E-state index is 0.0631. The van der Waals surface area contributed by atoms with E-state index in [0.29, 0.717) is 16.6 Å². The number of anilines is 1. The highest BCUT2D eigenvalue weighted by atomic mass is 35.5. The minimum atomic E-state index is -0.471. The standard InChI is InChI=1S/C20H16ClN5O4S/c21-14-7-4-8-15(9-14)25-10-18(29)26(11-17(25)28)24-16(27)12-31-20-23-22-19(30-20)13-5-2-1-3-6-13/h1-9H,10-12H2,(H,24,27). The second-order valence-electron chi connectivity index (χ2n) is 6.50. The van der Waals surface area contributed by atoms with Crippen molar-refractivity contribution >= 4 is 46.8 Å². The molecule has 1 aliphatic rings. The van der Waals surface area contributed by atoms with Crippen LogP contribution in [0.1, 0.15) is 0 Å². The molecule has 3 amide bonds. The zero-order valence-corrected chi connectivity index (χ0v) is 17.6. The molecule has 2 heterocycles. The van der Waals surface area contributed by atoms with Crippen LogP contribution in [-0.2, 0) is 14.4 Å². The summed E-state index contributed by atoms with van der Waals surface area (Å²) in [7, 11) is 0. The van der Waals surface area contributed by atoms with E-state index in [4.69, 9.17) is 16.0 Å². The van der Waals surface area contributed by atoms with Gasteiger partial charge in [0.25, 0.3) is 11.1 Å². The van der Waals surface area contributed by atoms with Gasteiger partial charge < -0.3 is 9.32 Å². The number of hydrogen-bond donors (Lipinski definition) is 1. The number of rotatable bonds is 6. The van der Waals surface area contributed by atoms with Gasteiger partial charge in [-0.25, -0.2) is 5.01 Å². The van der Waals surface area contributed by atoms with Crippen molar-refractivity contribution in [2.24, 2.45) is 0 Å². The zero-order chi connectivity index (χ0) is 21.8. The molecule has 0 atom stereocenters. The zero-order valence-electron chi connectivity index (χ0n) is 16.0. The van der Waals surface area contributed by atoms with Crippen LogP contribution in [0.4, 0.5) is 5.69 Å². The number of nitrogens with one attached hydrogen (secondary N) is 1. The maximum Gasteiger partial charge on any atom is 0.277 e. The molecule has 1 aromatic heterocycles. The molecule has 0 radical (unpaired) electrons. The summed E-state index contributed by atoms with van der Waals surface area (Å²) < 4.78 is 5.53. The first-order valence-electron chi connectivity index (χ1n) is 9.17. The largest absolute Gasteiger partial charge is 0.411 e. The topological polar surface area (TPSA) is 109 Å².